The van der Waals surface area contributed by atoms with Gasteiger partial charge in [-0.3, -0.25) is 4.57 Å². The predicted octanol–water partition coefficient (Wildman–Crippen LogP) is 4.91. The number of hydrogen-bond donors (Lipinski definition) is 0. The third-order valence-corrected chi connectivity index (χ3v) is 3.77. The molecule has 3 aromatic rings. The molecule has 0 saturated carbocycles. The lowest BCUT2D eigenvalue weighted by molar-refractivity contribution is 0.617. The quantitative estimate of drug-likeness (QED) is 0.626. The second kappa shape index (κ2) is 5.66. The minimum atomic E-state index is -0.377. The standard InChI is InChI=1S/C16H13Cl2FN2/c1-10-2-4-15-13(8-10)20-16(6-7-17)21(15)14-5-3-11(18)9-12(14)19/h2-5,8-9H,6-7H2,1H3. The first-order valence-electron chi connectivity index (χ1n) is 6.59. The molecule has 5 heteroatoms. The Labute approximate surface area is 132 Å². The minimum Gasteiger partial charge on any atom is -0.293 e. The van der Waals surface area contributed by atoms with Crippen LogP contribution in [0.2, 0.25) is 5.02 Å². The van der Waals surface area contributed by atoms with Crippen molar-refractivity contribution in [2.24, 2.45) is 0 Å². The van der Waals surface area contributed by atoms with Gasteiger partial charge in [0.1, 0.15) is 11.6 Å². The molecule has 0 fully saturated rings. The van der Waals surface area contributed by atoms with Crippen molar-refractivity contribution in [1.82, 2.24) is 9.55 Å². The molecule has 0 atom stereocenters. The third-order valence-electron chi connectivity index (χ3n) is 3.35. The van der Waals surface area contributed by atoms with Crippen LogP contribution in [-0.4, -0.2) is 15.4 Å². The largest absolute Gasteiger partial charge is 0.293 e. The molecule has 0 bridgehead atoms. The van der Waals surface area contributed by atoms with Crippen molar-refractivity contribution in [2.45, 2.75) is 13.3 Å². The van der Waals surface area contributed by atoms with Gasteiger partial charge in [-0.25, -0.2) is 9.37 Å². The first-order valence-corrected chi connectivity index (χ1v) is 7.51. The van der Waals surface area contributed by atoms with Crippen LogP contribution in [0.5, 0.6) is 0 Å². The Morgan fingerprint density at radius 1 is 1.19 bits per heavy atom. The Hall–Kier alpha value is -1.58. The van der Waals surface area contributed by atoms with Gasteiger partial charge < -0.3 is 0 Å². The molecule has 0 aliphatic carbocycles. The lowest BCUT2D eigenvalue weighted by Gasteiger charge is -2.10. The Kier molecular flexibility index (Phi) is 3.87. The van der Waals surface area contributed by atoms with Crippen molar-refractivity contribution in [2.75, 3.05) is 5.88 Å². The fourth-order valence-corrected chi connectivity index (χ4v) is 2.75. The van der Waals surface area contributed by atoms with Crippen molar-refractivity contribution in [3.63, 3.8) is 0 Å². The molecule has 0 saturated heterocycles. The zero-order chi connectivity index (χ0) is 15.0. The molecule has 0 radical (unpaired) electrons. The van der Waals surface area contributed by atoms with E-state index in [1.807, 2.05) is 29.7 Å². The van der Waals surface area contributed by atoms with E-state index in [9.17, 15) is 4.39 Å². The third kappa shape index (κ3) is 2.63. The van der Waals surface area contributed by atoms with Crippen LogP contribution < -0.4 is 0 Å². The van der Waals surface area contributed by atoms with Crippen molar-refractivity contribution >= 4 is 34.2 Å². The molecule has 0 N–H and O–H groups in total. The van der Waals surface area contributed by atoms with Gasteiger partial charge in [-0.1, -0.05) is 17.7 Å². The van der Waals surface area contributed by atoms with Crippen LogP contribution >= 0.6 is 23.2 Å². The monoisotopic (exact) mass is 322 g/mol. The average Bonchev–Trinajstić information content (AvgIpc) is 2.76. The second-order valence-electron chi connectivity index (χ2n) is 4.89. The number of halogens is 3. The number of nitrogens with zero attached hydrogens (tertiary/aromatic N) is 2. The van der Waals surface area contributed by atoms with Gasteiger partial charge in [-0.2, -0.15) is 0 Å². The number of aromatic nitrogens is 2. The van der Waals surface area contributed by atoms with Gasteiger partial charge in [0, 0.05) is 17.3 Å². The van der Waals surface area contributed by atoms with Crippen LogP contribution in [-0.2, 0) is 6.42 Å². The fraction of sp³-hybridized carbons (Fsp3) is 0.188. The summed E-state index contributed by atoms with van der Waals surface area (Å²) >= 11 is 11.7. The summed E-state index contributed by atoms with van der Waals surface area (Å²) in [6, 6.07) is 10.6. The summed E-state index contributed by atoms with van der Waals surface area (Å²) in [6.45, 7) is 2.00. The van der Waals surface area contributed by atoms with Crippen molar-refractivity contribution in [3.05, 3.63) is 58.6 Å². The molecule has 2 aromatic carbocycles. The summed E-state index contributed by atoms with van der Waals surface area (Å²) in [7, 11) is 0. The predicted molar refractivity (Wildman–Crippen MR) is 85.2 cm³/mol. The van der Waals surface area contributed by atoms with Gasteiger partial charge in [-0.05, 0) is 42.8 Å². The molecule has 0 aliphatic heterocycles. The highest BCUT2D eigenvalue weighted by Gasteiger charge is 2.15. The minimum absolute atomic E-state index is 0.371. The van der Waals surface area contributed by atoms with Gasteiger partial charge >= 0.3 is 0 Å². The number of hydrogen-bond acceptors (Lipinski definition) is 1. The number of aryl methyl sites for hydroxylation is 2. The maximum Gasteiger partial charge on any atom is 0.148 e. The lowest BCUT2D eigenvalue weighted by Crippen LogP contribution is -2.04. The van der Waals surface area contributed by atoms with E-state index in [4.69, 9.17) is 23.2 Å². The summed E-state index contributed by atoms with van der Waals surface area (Å²) in [6.07, 6.45) is 0.567. The molecule has 3 rings (SSSR count). The molecule has 2 nitrogen and oxygen atoms in total. The second-order valence-corrected chi connectivity index (χ2v) is 5.70. The molecule has 0 aliphatic rings. The zero-order valence-corrected chi connectivity index (χ0v) is 12.9. The Bertz CT molecular complexity index is 811. The van der Waals surface area contributed by atoms with E-state index in [1.54, 1.807) is 12.1 Å². The van der Waals surface area contributed by atoms with Crippen LogP contribution in [0, 0.1) is 12.7 Å². The summed E-state index contributed by atoms with van der Waals surface area (Å²) < 4.78 is 16.1. The van der Waals surface area contributed by atoms with Crippen LogP contribution in [0.25, 0.3) is 16.7 Å². The van der Waals surface area contributed by atoms with E-state index >= 15 is 0 Å². The molecular formula is C16H13Cl2FN2. The van der Waals surface area contributed by atoms with E-state index in [0.29, 0.717) is 23.0 Å². The summed E-state index contributed by atoms with van der Waals surface area (Å²) in [4.78, 5) is 4.58. The Balaban J connectivity index is 2.30. The summed E-state index contributed by atoms with van der Waals surface area (Å²) in [5, 5.41) is 0.371. The van der Waals surface area contributed by atoms with Crippen molar-refractivity contribution < 1.29 is 4.39 Å². The van der Waals surface area contributed by atoms with Crippen LogP contribution in [0.1, 0.15) is 11.4 Å². The molecule has 21 heavy (non-hydrogen) atoms. The maximum atomic E-state index is 14.3. The first kappa shape index (κ1) is 14.4. The summed E-state index contributed by atoms with van der Waals surface area (Å²) in [5.74, 6) is 0.794. The van der Waals surface area contributed by atoms with Crippen LogP contribution in [0.15, 0.2) is 36.4 Å². The highest BCUT2D eigenvalue weighted by atomic mass is 35.5. The Morgan fingerprint density at radius 2 is 2.00 bits per heavy atom. The Morgan fingerprint density at radius 3 is 2.71 bits per heavy atom. The maximum absolute atomic E-state index is 14.3. The van der Waals surface area contributed by atoms with E-state index in [-0.39, 0.29) is 5.82 Å². The molecule has 0 unspecified atom stereocenters. The number of rotatable bonds is 3. The molecule has 0 amide bonds. The lowest BCUT2D eigenvalue weighted by atomic mass is 10.2. The zero-order valence-electron chi connectivity index (χ0n) is 11.4. The van der Waals surface area contributed by atoms with E-state index in [1.165, 1.54) is 6.07 Å². The van der Waals surface area contributed by atoms with Gasteiger partial charge in [-0.15, -0.1) is 11.6 Å². The normalized spacial score (nSPS) is 11.2. The van der Waals surface area contributed by atoms with Gasteiger partial charge in [0.15, 0.2) is 0 Å². The van der Waals surface area contributed by atoms with Crippen molar-refractivity contribution in [1.29, 1.82) is 0 Å². The van der Waals surface area contributed by atoms with Gasteiger partial charge in [0.25, 0.3) is 0 Å². The number of fused-ring (bicyclic) bond motifs is 1. The number of benzene rings is 2. The summed E-state index contributed by atoms with van der Waals surface area (Å²) in [5.41, 5.74) is 3.25. The van der Waals surface area contributed by atoms with Crippen molar-refractivity contribution in [3.8, 4) is 5.69 Å². The van der Waals surface area contributed by atoms with Gasteiger partial charge in [0.05, 0.1) is 16.7 Å². The van der Waals surface area contributed by atoms with E-state index in [2.05, 4.69) is 4.98 Å². The molecule has 1 aromatic heterocycles. The molecule has 0 spiro atoms. The number of alkyl halides is 1. The SMILES string of the molecule is Cc1ccc2c(c1)nc(CCCl)n2-c1ccc(Cl)cc1F. The van der Waals surface area contributed by atoms with Crippen LogP contribution in [0.3, 0.4) is 0 Å². The highest BCUT2D eigenvalue weighted by Crippen LogP contribution is 2.26. The van der Waals surface area contributed by atoms with E-state index < -0.39 is 0 Å². The average molecular weight is 323 g/mol. The van der Waals surface area contributed by atoms with E-state index in [0.717, 1.165) is 22.4 Å². The highest BCUT2D eigenvalue weighted by molar-refractivity contribution is 6.30. The molecule has 108 valence electrons. The molecule has 1 heterocycles. The topological polar surface area (TPSA) is 17.8 Å². The smallest absolute Gasteiger partial charge is 0.148 e. The van der Waals surface area contributed by atoms with Crippen LogP contribution in [0.4, 0.5) is 4.39 Å². The van der Waals surface area contributed by atoms with Gasteiger partial charge in [0.2, 0.25) is 0 Å². The first-order chi connectivity index (χ1) is 10.1. The molecular weight excluding hydrogens is 310 g/mol. The number of imidazole rings is 1. The fourth-order valence-electron chi connectivity index (χ4n) is 2.42.